The number of rotatable bonds is 5. The van der Waals surface area contributed by atoms with E-state index in [1.807, 2.05) is 20.0 Å². The van der Waals surface area contributed by atoms with Crippen LogP contribution < -0.4 is 5.32 Å². The summed E-state index contributed by atoms with van der Waals surface area (Å²) in [6, 6.07) is 4.25. The van der Waals surface area contributed by atoms with Crippen LogP contribution in [0.4, 0.5) is 5.69 Å². The van der Waals surface area contributed by atoms with Gasteiger partial charge in [-0.05, 0) is 70.8 Å². The molecule has 2 heterocycles. The number of fused-ring (bicyclic) bond motifs is 1. The number of piperidine rings is 1. The molecule has 23 heavy (non-hydrogen) atoms. The Hall–Kier alpha value is -1.81. The summed E-state index contributed by atoms with van der Waals surface area (Å²) in [5, 5.41) is 8.75. The van der Waals surface area contributed by atoms with Crippen LogP contribution in [-0.2, 0) is 6.42 Å². The largest absolute Gasteiger partial charge is 0.388 e. The number of anilines is 1. The number of hydrogen-bond donors (Lipinski definition) is 1. The van der Waals surface area contributed by atoms with Crippen molar-refractivity contribution in [1.29, 1.82) is 0 Å². The minimum atomic E-state index is 0.824. The molecule has 1 fully saturated rings. The molecule has 124 valence electrons. The molecule has 0 spiro atoms. The highest BCUT2D eigenvalue weighted by molar-refractivity contribution is 5.93. The van der Waals surface area contributed by atoms with Gasteiger partial charge in [-0.2, -0.15) is 0 Å². The summed E-state index contributed by atoms with van der Waals surface area (Å²) in [6.07, 6.45) is 8.95. The van der Waals surface area contributed by atoms with Gasteiger partial charge >= 0.3 is 0 Å². The van der Waals surface area contributed by atoms with E-state index in [2.05, 4.69) is 40.6 Å². The molecule has 1 saturated heterocycles. The number of hydrogen-bond acceptors (Lipinski definition) is 4. The molecule has 0 bridgehead atoms. The molecule has 1 aliphatic rings. The lowest BCUT2D eigenvalue weighted by Gasteiger charge is -2.28. The highest BCUT2D eigenvalue weighted by atomic mass is 16.5. The Morgan fingerprint density at radius 2 is 2.13 bits per heavy atom. The number of allylic oxidation sites excluding steroid dienone is 1. The first-order valence-corrected chi connectivity index (χ1v) is 8.63. The molecule has 4 nitrogen and oxygen atoms in total. The van der Waals surface area contributed by atoms with Crippen molar-refractivity contribution in [2.24, 2.45) is 5.92 Å². The summed E-state index contributed by atoms with van der Waals surface area (Å²) >= 11 is 0. The van der Waals surface area contributed by atoms with E-state index in [1.54, 1.807) is 0 Å². The fraction of sp³-hybridized carbons (Fsp3) is 0.526. The number of benzene rings is 1. The summed E-state index contributed by atoms with van der Waals surface area (Å²) < 4.78 is 5.68. The van der Waals surface area contributed by atoms with Gasteiger partial charge in [-0.25, -0.2) is 0 Å². The molecule has 0 unspecified atom stereocenters. The molecule has 0 saturated carbocycles. The minimum Gasteiger partial charge on any atom is -0.388 e. The molecule has 1 N–H and O–H groups in total. The molecule has 2 aromatic rings. The number of nitrogens with zero attached hydrogens (tertiary/aromatic N) is 2. The van der Waals surface area contributed by atoms with E-state index in [9.17, 15) is 0 Å². The first-order chi connectivity index (χ1) is 11.2. The van der Waals surface area contributed by atoms with Gasteiger partial charge in [-0.1, -0.05) is 17.3 Å². The van der Waals surface area contributed by atoms with Gasteiger partial charge in [0.1, 0.15) is 0 Å². The van der Waals surface area contributed by atoms with Gasteiger partial charge in [0, 0.05) is 23.7 Å². The van der Waals surface area contributed by atoms with Crippen LogP contribution in [0.1, 0.15) is 37.4 Å². The van der Waals surface area contributed by atoms with Gasteiger partial charge in [-0.3, -0.25) is 0 Å². The molecule has 4 heteroatoms. The maximum Gasteiger partial charge on any atom is 0.176 e. The quantitative estimate of drug-likeness (QED) is 0.899. The molecular formula is C19H27N3O. The van der Waals surface area contributed by atoms with Gasteiger partial charge in [0.25, 0.3) is 0 Å². The Labute approximate surface area is 138 Å². The van der Waals surface area contributed by atoms with E-state index >= 15 is 0 Å². The highest BCUT2D eigenvalue weighted by Gasteiger charge is 2.19. The number of likely N-dealkylation sites (tertiary alicyclic amines) is 1. The SMILES string of the molecule is C/C=C/c1c(NC)ccc2c(CCC3CCN(C)CC3)noc12. The fourth-order valence-corrected chi connectivity index (χ4v) is 3.50. The van der Waals surface area contributed by atoms with Gasteiger partial charge in [-0.15, -0.1) is 0 Å². The van der Waals surface area contributed by atoms with Crippen molar-refractivity contribution in [3.05, 3.63) is 29.5 Å². The molecule has 1 aromatic carbocycles. The van der Waals surface area contributed by atoms with Crippen LogP contribution in [0, 0.1) is 5.92 Å². The number of nitrogens with one attached hydrogen (secondary N) is 1. The van der Waals surface area contributed by atoms with E-state index in [-0.39, 0.29) is 0 Å². The third-order valence-corrected chi connectivity index (χ3v) is 4.98. The Bertz CT molecular complexity index is 681. The molecule has 1 aromatic heterocycles. The summed E-state index contributed by atoms with van der Waals surface area (Å²) in [5.41, 5.74) is 4.17. The van der Waals surface area contributed by atoms with Crippen molar-refractivity contribution in [3.63, 3.8) is 0 Å². The Balaban J connectivity index is 1.78. The van der Waals surface area contributed by atoms with Crippen molar-refractivity contribution >= 4 is 22.7 Å². The molecule has 0 aliphatic carbocycles. The monoisotopic (exact) mass is 313 g/mol. The number of aryl methyl sites for hydroxylation is 1. The third kappa shape index (κ3) is 3.42. The van der Waals surface area contributed by atoms with Gasteiger partial charge in [0.15, 0.2) is 5.58 Å². The van der Waals surface area contributed by atoms with Crippen molar-refractivity contribution in [2.45, 2.75) is 32.6 Å². The van der Waals surface area contributed by atoms with Crippen LogP contribution in [0.25, 0.3) is 17.0 Å². The van der Waals surface area contributed by atoms with Crippen LogP contribution in [0.3, 0.4) is 0 Å². The van der Waals surface area contributed by atoms with Crippen LogP contribution in [0.5, 0.6) is 0 Å². The fourth-order valence-electron chi connectivity index (χ4n) is 3.50. The Morgan fingerprint density at radius 3 is 2.83 bits per heavy atom. The standard InChI is InChI=1S/C19H27N3O/c1-4-5-15-17(20-2)9-7-16-18(21-23-19(15)16)8-6-14-10-12-22(3)13-11-14/h4-5,7,9,14,20H,6,8,10-13H2,1-3H3/b5-4+. The van der Waals surface area contributed by atoms with E-state index in [0.29, 0.717) is 0 Å². The average Bonchev–Trinajstić information content (AvgIpc) is 2.98. The lowest BCUT2D eigenvalue weighted by atomic mass is 9.91. The van der Waals surface area contributed by atoms with E-state index in [1.165, 1.54) is 32.4 Å². The van der Waals surface area contributed by atoms with Crippen molar-refractivity contribution in [3.8, 4) is 0 Å². The minimum absolute atomic E-state index is 0.824. The molecule has 0 amide bonds. The smallest absolute Gasteiger partial charge is 0.176 e. The lowest BCUT2D eigenvalue weighted by Crippen LogP contribution is -2.30. The molecule has 1 aliphatic heterocycles. The van der Waals surface area contributed by atoms with Crippen LogP contribution in [-0.4, -0.2) is 37.2 Å². The second-order valence-corrected chi connectivity index (χ2v) is 6.57. The van der Waals surface area contributed by atoms with E-state index in [0.717, 1.165) is 40.3 Å². The third-order valence-electron chi connectivity index (χ3n) is 4.98. The summed E-state index contributed by atoms with van der Waals surface area (Å²) in [5.74, 6) is 0.824. The topological polar surface area (TPSA) is 41.3 Å². The molecule has 0 atom stereocenters. The molecule has 0 radical (unpaired) electrons. The highest BCUT2D eigenvalue weighted by Crippen LogP contribution is 2.31. The van der Waals surface area contributed by atoms with E-state index in [4.69, 9.17) is 4.52 Å². The molecular weight excluding hydrogens is 286 g/mol. The van der Waals surface area contributed by atoms with Crippen LogP contribution in [0.2, 0.25) is 0 Å². The van der Waals surface area contributed by atoms with E-state index < -0.39 is 0 Å². The second kappa shape index (κ2) is 7.18. The zero-order valence-electron chi connectivity index (χ0n) is 14.4. The summed E-state index contributed by atoms with van der Waals surface area (Å²) in [4.78, 5) is 2.42. The second-order valence-electron chi connectivity index (χ2n) is 6.57. The van der Waals surface area contributed by atoms with Crippen molar-refractivity contribution in [1.82, 2.24) is 10.1 Å². The predicted molar refractivity (Wildman–Crippen MR) is 96.8 cm³/mol. The Morgan fingerprint density at radius 1 is 1.35 bits per heavy atom. The zero-order chi connectivity index (χ0) is 16.2. The van der Waals surface area contributed by atoms with Gasteiger partial charge in [0.05, 0.1) is 5.69 Å². The average molecular weight is 313 g/mol. The summed E-state index contributed by atoms with van der Waals surface area (Å²) in [7, 11) is 4.15. The zero-order valence-corrected chi connectivity index (χ0v) is 14.4. The maximum absolute atomic E-state index is 5.68. The maximum atomic E-state index is 5.68. The van der Waals surface area contributed by atoms with Crippen LogP contribution in [0.15, 0.2) is 22.7 Å². The predicted octanol–water partition coefficient (Wildman–Crippen LogP) is 4.18. The summed E-state index contributed by atoms with van der Waals surface area (Å²) in [6.45, 7) is 4.47. The van der Waals surface area contributed by atoms with Gasteiger partial charge < -0.3 is 14.7 Å². The normalized spacial score (nSPS) is 17.3. The first kappa shape index (κ1) is 16.1. The van der Waals surface area contributed by atoms with Crippen molar-refractivity contribution < 1.29 is 4.52 Å². The lowest BCUT2D eigenvalue weighted by molar-refractivity contribution is 0.212. The molecule has 3 rings (SSSR count). The van der Waals surface area contributed by atoms with Crippen LogP contribution >= 0.6 is 0 Å². The van der Waals surface area contributed by atoms with Gasteiger partial charge in [0.2, 0.25) is 0 Å². The Kier molecular flexibility index (Phi) is 5.01. The first-order valence-electron chi connectivity index (χ1n) is 8.63. The van der Waals surface area contributed by atoms with Crippen molar-refractivity contribution in [2.75, 3.05) is 32.5 Å². The number of aromatic nitrogens is 1.